The van der Waals surface area contributed by atoms with E-state index in [-0.39, 0.29) is 9.92 Å². The highest BCUT2D eigenvalue weighted by atomic mass is 35.5. The van der Waals surface area contributed by atoms with E-state index in [2.05, 4.69) is 0 Å². The maximum Gasteiger partial charge on any atom is 0.296 e. The highest BCUT2D eigenvalue weighted by Crippen LogP contribution is 2.24. The van der Waals surface area contributed by atoms with Gasteiger partial charge in [-0.1, -0.05) is 41.4 Å². The van der Waals surface area contributed by atoms with Gasteiger partial charge in [-0.2, -0.15) is 8.42 Å². The second-order valence-electron chi connectivity index (χ2n) is 4.04. The van der Waals surface area contributed by atoms with Gasteiger partial charge in [0.1, 0.15) is 4.90 Å². The molecule has 2 rings (SSSR count). The average molecular weight is 317 g/mol. The van der Waals surface area contributed by atoms with E-state index in [4.69, 9.17) is 27.8 Å². The van der Waals surface area contributed by atoms with E-state index in [1.54, 1.807) is 18.2 Å². The van der Waals surface area contributed by atoms with Crippen molar-refractivity contribution in [3.05, 3.63) is 63.6 Å². The molecule has 0 amide bonds. The Hall–Kier alpha value is -1.07. The maximum absolute atomic E-state index is 11.2. The first-order chi connectivity index (χ1) is 8.86. The second-order valence-corrected chi connectivity index (χ2v) is 6.28. The lowest BCUT2D eigenvalue weighted by atomic mass is 10.1. The van der Waals surface area contributed by atoms with Crippen molar-refractivity contribution in [3.63, 3.8) is 0 Å². The van der Waals surface area contributed by atoms with Gasteiger partial charge in [-0.15, -0.1) is 0 Å². The molecule has 0 saturated heterocycles. The minimum absolute atomic E-state index is 0.00218. The van der Waals surface area contributed by atoms with Gasteiger partial charge in [0.05, 0.1) is 5.02 Å². The summed E-state index contributed by atoms with van der Waals surface area (Å²) in [6.07, 6.45) is 0.525. The first-order valence-corrected chi connectivity index (χ1v) is 7.56. The Morgan fingerprint density at radius 2 is 1.53 bits per heavy atom. The molecular weight excluding hydrogens is 307 g/mol. The Morgan fingerprint density at radius 3 is 2.11 bits per heavy atom. The van der Waals surface area contributed by atoms with E-state index >= 15 is 0 Å². The summed E-state index contributed by atoms with van der Waals surface area (Å²) in [6, 6.07) is 11.8. The van der Waals surface area contributed by atoms with Crippen molar-refractivity contribution in [2.45, 2.75) is 11.3 Å². The predicted molar refractivity (Wildman–Crippen MR) is 75.5 cm³/mol. The van der Waals surface area contributed by atoms with Crippen molar-refractivity contribution in [2.24, 2.45) is 0 Å². The monoisotopic (exact) mass is 316 g/mol. The molecule has 0 heterocycles. The maximum atomic E-state index is 11.2. The Kier molecular flexibility index (Phi) is 4.16. The summed E-state index contributed by atoms with van der Waals surface area (Å²) in [5.41, 5.74) is 1.72. The molecule has 0 aromatic heterocycles. The van der Waals surface area contributed by atoms with Crippen LogP contribution in [0.15, 0.2) is 47.4 Å². The normalized spacial score (nSPS) is 11.5. The van der Waals surface area contributed by atoms with Gasteiger partial charge in [0.15, 0.2) is 0 Å². The molecule has 1 N–H and O–H groups in total. The number of rotatable bonds is 3. The van der Waals surface area contributed by atoms with Crippen LogP contribution in [0.25, 0.3) is 0 Å². The number of benzene rings is 2. The van der Waals surface area contributed by atoms with Crippen molar-refractivity contribution < 1.29 is 13.0 Å². The van der Waals surface area contributed by atoms with Gasteiger partial charge in [-0.3, -0.25) is 4.55 Å². The summed E-state index contributed by atoms with van der Waals surface area (Å²) in [5, 5.41) is 0.640. The molecular formula is C13H10Cl2O3S. The van der Waals surface area contributed by atoms with Crippen molar-refractivity contribution in [3.8, 4) is 0 Å². The fraction of sp³-hybridized carbons (Fsp3) is 0.0769. The van der Waals surface area contributed by atoms with E-state index in [0.29, 0.717) is 11.4 Å². The molecule has 0 aliphatic heterocycles. The molecule has 2 aromatic carbocycles. The van der Waals surface area contributed by atoms with E-state index in [9.17, 15) is 8.42 Å². The third-order valence-electron chi connectivity index (χ3n) is 2.60. The summed E-state index contributed by atoms with van der Waals surface area (Å²) < 4.78 is 31.4. The Labute approximate surface area is 121 Å². The van der Waals surface area contributed by atoms with Crippen LogP contribution in [-0.4, -0.2) is 13.0 Å². The largest absolute Gasteiger partial charge is 0.296 e. The van der Waals surface area contributed by atoms with Crippen LogP contribution in [0.1, 0.15) is 11.1 Å². The quantitative estimate of drug-likeness (QED) is 0.875. The molecule has 0 spiro atoms. The first kappa shape index (κ1) is 14.3. The van der Waals surface area contributed by atoms with Crippen LogP contribution in [0, 0.1) is 0 Å². The van der Waals surface area contributed by atoms with Gasteiger partial charge < -0.3 is 0 Å². The van der Waals surface area contributed by atoms with E-state index < -0.39 is 10.1 Å². The molecule has 0 aliphatic rings. The smallest absolute Gasteiger partial charge is 0.282 e. The molecule has 19 heavy (non-hydrogen) atoms. The second kappa shape index (κ2) is 5.51. The standard InChI is InChI=1S/C13H10Cl2O3S/c14-11-4-1-9(2-5-11)7-10-3-6-12(15)13(8-10)19(16,17)18/h1-6,8H,7H2,(H,16,17,18). The fourth-order valence-corrected chi connectivity index (χ4v) is 2.84. The third kappa shape index (κ3) is 3.70. The van der Waals surface area contributed by atoms with Crippen LogP contribution >= 0.6 is 23.2 Å². The molecule has 3 nitrogen and oxygen atoms in total. The van der Waals surface area contributed by atoms with Crippen molar-refractivity contribution in [1.82, 2.24) is 0 Å². The molecule has 0 aliphatic carbocycles. The summed E-state index contributed by atoms with van der Waals surface area (Å²) in [6.45, 7) is 0. The Morgan fingerprint density at radius 1 is 0.947 bits per heavy atom. The van der Waals surface area contributed by atoms with Gasteiger partial charge in [-0.05, 0) is 41.8 Å². The summed E-state index contributed by atoms with van der Waals surface area (Å²) >= 11 is 11.5. The van der Waals surface area contributed by atoms with Gasteiger partial charge in [0.2, 0.25) is 0 Å². The summed E-state index contributed by atoms with van der Waals surface area (Å²) in [5.74, 6) is 0. The Balaban J connectivity index is 2.34. The van der Waals surface area contributed by atoms with Crippen molar-refractivity contribution >= 4 is 33.3 Å². The van der Waals surface area contributed by atoms with Crippen LogP contribution in [0.3, 0.4) is 0 Å². The van der Waals surface area contributed by atoms with Gasteiger partial charge in [-0.25, -0.2) is 0 Å². The lowest BCUT2D eigenvalue weighted by molar-refractivity contribution is 0.483. The molecule has 0 atom stereocenters. The van der Waals surface area contributed by atoms with Gasteiger partial charge >= 0.3 is 0 Å². The van der Waals surface area contributed by atoms with Crippen LogP contribution in [0.5, 0.6) is 0 Å². The molecule has 0 fully saturated rings. The molecule has 0 saturated carbocycles. The first-order valence-electron chi connectivity index (χ1n) is 5.36. The Bertz CT molecular complexity index is 694. The third-order valence-corrected chi connectivity index (χ3v) is 4.18. The molecule has 100 valence electrons. The van der Waals surface area contributed by atoms with E-state index in [1.807, 2.05) is 12.1 Å². The van der Waals surface area contributed by atoms with Crippen LogP contribution in [0.4, 0.5) is 0 Å². The zero-order chi connectivity index (χ0) is 14.0. The zero-order valence-electron chi connectivity index (χ0n) is 9.68. The summed E-state index contributed by atoms with van der Waals surface area (Å²) in [7, 11) is -4.31. The number of hydrogen-bond donors (Lipinski definition) is 1. The van der Waals surface area contributed by atoms with E-state index in [1.165, 1.54) is 12.1 Å². The van der Waals surface area contributed by atoms with Gasteiger partial charge in [0, 0.05) is 5.02 Å². The SMILES string of the molecule is O=S(=O)(O)c1cc(Cc2ccc(Cl)cc2)ccc1Cl. The number of hydrogen-bond acceptors (Lipinski definition) is 2. The molecule has 0 radical (unpaired) electrons. The van der Waals surface area contributed by atoms with Gasteiger partial charge in [0.25, 0.3) is 10.1 Å². The number of halogens is 2. The van der Waals surface area contributed by atoms with E-state index in [0.717, 1.165) is 11.1 Å². The fourth-order valence-electron chi connectivity index (χ4n) is 1.69. The lowest BCUT2D eigenvalue weighted by Gasteiger charge is -2.06. The molecule has 0 bridgehead atoms. The van der Waals surface area contributed by atoms with Crippen molar-refractivity contribution in [1.29, 1.82) is 0 Å². The molecule has 0 unspecified atom stereocenters. The predicted octanol–water partition coefficient (Wildman–Crippen LogP) is 3.83. The van der Waals surface area contributed by atoms with Crippen LogP contribution < -0.4 is 0 Å². The molecule has 2 aromatic rings. The minimum Gasteiger partial charge on any atom is -0.282 e. The summed E-state index contributed by atoms with van der Waals surface area (Å²) in [4.78, 5) is -0.277. The highest BCUT2D eigenvalue weighted by molar-refractivity contribution is 7.86. The lowest BCUT2D eigenvalue weighted by Crippen LogP contribution is -2.00. The van der Waals surface area contributed by atoms with Crippen LogP contribution in [0.2, 0.25) is 10.0 Å². The minimum atomic E-state index is -4.31. The highest BCUT2D eigenvalue weighted by Gasteiger charge is 2.15. The molecule has 6 heteroatoms. The van der Waals surface area contributed by atoms with Crippen LogP contribution in [-0.2, 0) is 16.5 Å². The average Bonchev–Trinajstić information content (AvgIpc) is 2.33. The zero-order valence-corrected chi connectivity index (χ0v) is 12.0. The topological polar surface area (TPSA) is 54.4 Å². The van der Waals surface area contributed by atoms with Crippen molar-refractivity contribution in [2.75, 3.05) is 0 Å².